The molecule has 0 aromatic heterocycles. The zero-order valence-corrected chi connectivity index (χ0v) is 26.3. The molecule has 11 atom stereocenters. The Bertz CT molecular complexity index is 809. The predicted molar refractivity (Wildman–Crippen MR) is 164 cm³/mol. The van der Waals surface area contributed by atoms with Gasteiger partial charge in [0.25, 0.3) is 0 Å². The fourth-order valence-electron chi connectivity index (χ4n) is 10.5. The number of aliphatic hydroxyl groups is 1. The highest BCUT2D eigenvalue weighted by atomic mass is 16.4. The van der Waals surface area contributed by atoms with Gasteiger partial charge >= 0.3 is 5.97 Å². The maximum atomic E-state index is 11.7. The third-order valence-electron chi connectivity index (χ3n) is 12.9. The van der Waals surface area contributed by atoms with Crippen molar-refractivity contribution >= 4 is 5.97 Å². The van der Waals surface area contributed by atoms with Crippen LogP contribution in [0, 0.1) is 52.3 Å². The van der Waals surface area contributed by atoms with Gasteiger partial charge in [0.05, 0.1) is 12.0 Å². The van der Waals surface area contributed by atoms with Gasteiger partial charge in [-0.1, -0.05) is 40.5 Å². The smallest absolute Gasteiger partial charge is 0.306 e. The molecule has 232 valence electrons. The maximum absolute atomic E-state index is 11.7. The molecule has 4 aliphatic carbocycles. The molecular formula is C34H63N3O3. The van der Waals surface area contributed by atoms with Crippen molar-refractivity contribution in [2.45, 2.75) is 130 Å². The lowest BCUT2D eigenvalue weighted by molar-refractivity contribution is -0.167. The minimum atomic E-state index is -0.663. The molecule has 4 rings (SSSR count). The minimum Gasteiger partial charge on any atom is -0.481 e. The Hall–Kier alpha value is -0.690. The van der Waals surface area contributed by atoms with Crippen LogP contribution < -0.4 is 16.4 Å². The number of rotatable bonds is 15. The summed E-state index contributed by atoms with van der Waals surface area (Å²) in [5, 5.41) is 28.4. The summed E-state index contributed by atoms with van der Waals surface area (Å²) in [6.07, 6.45) is 16.2. The van der Waals surface area contributed by atoms with Gasteiger partial charge in [-0.25, -0.2) is 0 Å². The summed E-state index contributed by atoms with van der Waals surface area (Å²) in [5.41, 5.74) is 6.29. The van der Waals surface area contributed by atoms with E-state index in [0.29, 0.717) is 52.4 Å². The summed E-state index contributed by atoms with van der Waals surface area (Å²) < 4.78 is 0. The lowest BCUT2D eigenvalue weighted by Gasteiger charge is -2.62. The van der Waals surface area contributed by atoms with Crippen LogP contribution in [0.2, 0.25) is 0 Å². The molecule has 0 bridgehead atoms. The monoisotopic (exact) mass is 561 g/mol. The number of unbranched alkanes of at least 4 members (excludes halogenated alkanes) is 1. The zero-order chi connectivity index (χ0) is 28.9. The molecule has 0 heterocycles. The van der Waals surface area contributed by atoms with Crippen LogP contribution in [0.4, 0.5) is 0 Å². The number of carbonyl (C=O) groups is 1. The van der Waals surface area contributed by atoms with E-state index in [2.05, 4.69) is 31.4 Å². The fourth-order valence-corrected chi connectivity index (χ4v) is 10.5. The van der Waals surface area contributed by atoms with Crippen molar-refractivity contribution in [3.8, 4) is 0 Å². The van der Waals surface area contributed by atoms with Crippen molar-refractivity contribution in [3.63, 3.8) is 0 Å². The predicted octanol–water partition coefficient (Wildman–Crippen LogP) is 5.82. The molecule has 9 unspecified atom stereocenters. The average Bonchev–Trinajstić information content (AvgIpc) is 3.27. The van der Waals surface area contributed by atoms with Crippen LogP contribution in [-0.4, -0.2) is 54.5 Å². The van der Waals surface area contributed by atoms with Crippen LogP contribution in [-0.2, 0) is 4.79 Å². The second kappa shape index (κ2) is 14.2. The van der Waals surface area contributed by atoms with Gasteiger partial charge < -0.3 is 26.6 Å². The van der Waals surface area contributed by atoms with E-state index in [1.807, 2.05) is 6.92 Å². The summed E-state index contributed by atoms with van der Waals surface area (Å²) in [6, 6.07) is 0.605. The molecule has 6 heteroatoms. The molecule has 0 aromatic rings. The molecular weight excluding hydrogens is 498 g/mol. The molecule has 40 heavy (non-hydrogen) atoms. The number of nitrogens with two attached hydrogens (primary N) is 1. The highest BCUT2D eigenvalue weighted by molar-refractivity contribution is 5.69. The summed E-state index contributed by atoms with van der Waals surface area (Å²) in [6.45, 7) is 13.5. The summed E-state index contributed by atoms with van der Waals surface area (Å²) in [4.78, 5) is 11.3. The van der Waals surface area contributed by atoms with E-state index in [-0.39, 0.29) is 12.0 Å². The van der Waals surface area contributed by atoms with E-state index in [4.69, 9.17) is 5.73 Å². The van der Waals surface area contributed by atoms with E-state index < -0.39 is 5.97 Å². The quantitative estimate of drug-likeness (QED) is 0.161. The highest BCUT2D eigenvalue weighted by Crippen LogP contribution is 2.68. The van der Waals surface area contributed by atoms with Crippen LogP contribution in [0.15, 0.2) is 0 Å². The van der Waals surface area contributed by atoms with Gasteiger partial charge in [-0.3, -0.25) is 4.79 Å². The zero-order valence-electron chi connectivity index (χ0n) is 26.3. The topological polar surface area (TPSA) is 108 Å². The molecule has 0 radical (unpaired) electrons. The number of aliphatic hydroxyl groups excluding tert-OH is 1. The second-order valence-electron chi connectivity index (χ2n) is 15.2. The first-order valence-electron chi connectivity index (χ1n) is 17.2. The van der Waals surface area contributed by atoms with Crippen LogP contribution >= 0.6 is 0 Å². The normalized spacial score (nSPS) is 40.6. The van der Waals surface area contributed by atoms with Crippen molar-refractivity contribution < 1.29 is 15.0 Å². The Morgan fingerprint density at radius 2 is 1.62 bits per heavy atom. The van der Waals surface area contributed by atoms with Gasteiger partial charge in [-0.05, 0) is 150 Å². The summed E-state index contributed by atoms with van der Waals surface area (Å²) in [5.74, 6) is 2.88. The minimum absolute atomic E-state index is 0.144. The molecule has 6 N–H and O–H groups in total. The van der Waals surface area contributed by atoms with E-state index in [0.717, 1.165) is 58.3 Å². The third-order valence-corrected chi connectivity index (χ3v) is 12.9. The average molecular weight is 562 g/mol. The largest absolute Gasteiger partial charge is 0.481 e. The Morgan fingerprint density at radius 1 is 0.900 bits per heavy atom. The van der Waals surface area contributed by atoms with E-state index in [9.17, 15) is 15.0 Å². The van der Waals surface area contributed by atoms with Gasteiger partial charge in [0.2, 0.25) is 0 Å². The lowest BCUT2D eigenvalue weighted by Crippen LogP contribution is -2.59. The van der Waals surface area contributed by atoms with Crippen molar-refractivity contribution in [1.29, 1.82) is 0 Å². The number of hydrogen-bond donors (Lipinski definition) is 5. The highest BCUT2D eigenvalue weighted by Gasteiger charge is 2.62. The SMILES string of the molecule is CC(CCC[C@@H](C)C1CCC2C3C(O)C[C@H]4CC(NCCCNCCCCN)CCC4(C)C3CCC21C)C(=O)O. The Balaban J connectivity index is 1.29. The molecule has 0 aliphatic heterocycles. The van der Waals surface area contributed by atoms with Crippen LogP contribution in [0.25, 0.3) is 0 Å². The Morgan fingerprint density at radius 3 is 2.38 bits per heavy atom. The van der Waals surface area contributed by atoms with Crippen LogP contribution in [0.5, 0.6) is 0 Å². The third kappa shape index (κ3) is 6.92. The van der Waals surface area contributed by atoms with Crippen molar-refractivity contribution in [1.82, 2.24) is 10.6 Å². The fraction of sp³-hybridized carbons (Fsp3) is 0.971. The first-order valence-corrected chi connectivity index (χ1v) is 17.2. The summed E-state index contributed by atoms with van der Waals surface area (Å²) >= 11 is 0. The standard InChI is InChI=1S/C34H63N3O3/c1-23(9-7-10-24(2)32(39)40)27-11-12-28-31-29(14-16-34(27,28)4)33(3)15-13-26(21-25(33)22-30(31)38)37-20-8-19-36-18-6-5-17-35/h23-31,36-38H,5-22,35H2,1-4H3,(H,39,40)/t23-,24?,25-,26?,27?,28?,29?,30?,31?,33?,34?/m1/s1. The molecule has 4 aliphatic rings. The Labute approximate surface area is 245 Å². The molecule has 4 fully saturated rings. The first-order chi connectivity index (χ1) is 19.1. The number of carboxylic acid groups (broad SMARTS) is 1. The molecule has 4 saturated carbocycles. The van der Waals surface area contributed by atoms with Crippen molar-refractivity contribution in [3.05, 3.63) is 0 Å². The number of hydrogen-bond acceptors (Lipinski definition) is 5. The van der Waals surface area contributed by atoms with Crippen molar-refractivity contribution in [2.24, 2.45) is 58.0 Å². The van der Waals surface area contributed by atoms with Crippen LogP contribution in [0.3, 0.4) is 0 Å². The summed E-state index contributed by atoms with van der Waals surface area (Å²) in [7, 11) is 0. The first kappa shape index (κ1) is 32.2. The number of carboxylic acids is 1. The number of nitrogens with one attached hydrogen (secondary N) is 2. The van der Waals surface area contributed by atoms with Gasteiger partial charge in [0.15, 0.2) is 0 Å². The Kier molecular flexibility index (Phi) is 11.4. The number of fused-ring (bicyclic) bond motifs is 5. The molecule has 0 aromatic carbocycles. The molecule has 0 saturated heterocycles. The van der Waals surface area contributed by atoms with E-state index in [1.165, 1.54) is 57.8 Å². The van der Waals surface area contributed by atoms with Crippen LogP contribution in [0.1, 0.15) is 118 Å². The van der Waals surface area contributed by atoms with E-state index >= 15 is 0 Å². The van der Waals surface area contributed by atoms with Gasteiger partial charge in [-0.15, -0.1) is 0 Å². The van der Waals surface area contributed by atoms with Gasteiger partial charge in [0, 0.05) is 6.04 Å². The lowest BCUT2D eigenvalue weighted by atomic mass is 9.43. The molecule has 6 nitrogen and oxygen atoms in total. The van der Waals surface area contributed by atoms with Gasteiger partial charge in [-0.2, -0.15) is 0 Å². The second-order valence-corrected chi connectivity index (χ2v) is 15.2. The maximum Gasteiger partial charge on any atom is 0.306 e. The van der Waals surface area contributed by atoms with E-state index in [1.54, 1.807) is 0 Å². The van der Waals surface area contributed by atoms with Gasteiger partial charge in [0.1, 0.15) is 0 Å². The molecule has 0 spiro atoms. The van der Waals surface area contributed by atoms with Crippen molar-refractivity contribution in [2.75, 3.05) is 26.2 Å². The number of aliphatic carboxylic acids is 1. The molecule has 0 amide bonds.